The smallest absolute Gasteiger partial charge is 0.257 e. The molecular formula is C26H23ClN6O4. The minimum atomic E-state index is -0.288. The molecule has 0 saturated carbocycles. The summed E-state index contributed by atoms with van der Waals surface area (Å²) in [6.07, 6.45) is 7.66. The van der Waals surface area contributed by atoms with Crippen molar-refractivity contribution in [2.45, 2.75) is 6.54 Å². The number of pyridine rings is 1. The number of ether oxygens (including phenoxy) is 1. The van der Waals surface area contributed by atoms with Crippen LogP contribution in [0.4, 0.5) is 5.82 Å². The summed E-state index contributed by atoms with van der Waals surface area (Å²) >= 11 is 6.46. The first-order chi connectivity index (χ1) is 18.0. The van der Waals surface area contributed by atoms with Gasteiger partial charge >= 0.3 is 0 Å². The molecule has 11 heteroatoms. The third-order valence-corrected chi connectivity index (χ3v) is 6.03. The molecule has 2 amide bonds. The molecule has 3 aromatic heterocycles. The summed E-state index contributed by atoms with van der Waals surface area (Å²) in [6, 6.07) is 8.79. The Bertz CT molecular complexity index is 1460. The summed E-state index contributed by atoms with van der Waals surface area (Å²) in [5, 5.41) is 3.90. The molecule has 0 atom stereocenters. The molecule has 1 aliphatic rings. The zero-order valence-corrected chi connectivity index (χ0v) is 20.4. The van der Waals surface area contributed by atoms with Gasteiger partial charge in [0, 0.05) is 48.7 Å². The fourth-order valence-corrected chi connectivity index (χ4v) is 4.10. The van der Waals surface area contributed by atoms with E-state index in [4.69, 9.17) is 26.5 Å². The molecule has 0 radical (unpaired) electrons. The number of amides is 2. The van der Waals surface area contributed by atoms with Crippen LogP contribution < -0.4 is 11.1 Å². The number of carbonyl (C=O) groups is 2. The van der Waals surface area contributed by atoms with Crippen molar-refractivity contribution in [3.05, 3.63) is 76.9 Å². The maximum atomic E-state index is 12.6. The van der Waals surface area contributed by atoms with E-state index in [2.05, 4.69) is 20.3 Å². The van der Waals surface area contributed by atoms with Crippen LogP contribution in [0.2, 0.25) is 5.02 Å². The number of aromatic nitrogens is 3. The summed E-state index contributed by atoms with van der Waals surface area (Å²) in [6.45, 7) is 2.33. The monoisotopic (exact) mass is 518 g/mol. The quantitative estimate of drug-likeness (QED) is 0.371. The number of nitrogens with one attached hydrogen (secondary N) is 1. The normalized spacial score (nSPS) is 13.8. The molecule has 1 saturated heterocycles. The first-order valence-corrected chi connectivity index (χ1v) is 11.9. The summed E-state index contributed by atoms with van der Waals surface area (Å²) in [4.78, 5) is 39.3. The van der Waals surface area contributed by atoms with Gasteiger partial charge in [-0.25, -0.2) is 15.0 Å². The van der Waals surface area contributed by atoms with Gasteiger partial charge in [0.1, 0.15) is 11.6 Å². The molecule has 3 N–H and O–H groups in total. The van der Waals surface area contributed by atoms with Crippen molar-refractivity contribution < 1.29 is 18.7 Å². The van der Waals surface area contributed by atoms with E-state index in [1.54, 1.807) is 41.4 Å². The average molecular weight is 519 g/mol. The molecule has 0 aliphatic carbocycles. The zero-order valence-electron chi connectivity index (χ0n) is 19.7. The maximum Gasteiger partial charge on any atom is 0.257 e. The summed E-state index contributed by atoms with van der Waals surface area (Å²) < 4.78 is 11.1. The van der Waals surface area contributed by atoms with E-state index in [9.17, 15) is 9.59 Å². The first-order valence-electron chi connectivity index (χ1n) is 11.5. The van der Waals surface area contributed by atoms with Crippen LogP contribution in [0.1, 0.15) is 21.7 Å². The number of nitrogen functional groups attached to an aromatic ring is 1. The summed E-state index contributed by atoms with van der Waals surface area (Å²) in [7, 11) is 0. The Morgan fingerprint density at radius 1 is 1.08 bits per heavy atom. The van der Waals surface area contributed by atoms with Crippen LogP contribution in [0, 0.1) is 0 Å². The van der Waals surface area contributed by atoms with Crippen molar-refractivity contribution in [3.8, 4) is 11.4 Å². The Balaban J connectivity index is 1.26. The maximum absolute atomic E-state index is 12.6. The van der Waals surface area contributed by atoms with E-state index in [1.165, 1.54) is 18.5 Å². The fourth-order valence-electron chi connectivity index (χ4n) is 3.84. The Hall–Kier alpha value is -4.28. The van der Waals surface area contributed by atoms with Crippen molar-refractivity contribution in [2.75, 3.05) is 32.0 Å². The molecule has 0 spiro atoms. The van der Waals surface area contributed by atoms with Crippen LogP contribution >= 0.6 is 11.6 Å². The predicted octanol–water partition coefficient (Wildman–Crippen LogP) is 3.32. The van der Waals surface area contributed by atoms with Gasteiger partial charge in [-0.15, -0.1) is 0 Å². The number of nitrogens with two attached hydrogens (primary N) is 1. The SMILES string of the molecule is Nc1ccc(/C=C/C(=O)NCc2cc3cc(-c4ncc(C(=O)N5CCOCC5)cn4)cc(Cl)c3o2)cn1. The highest BCUT2D eigenvalue weighted by Crippen LogP contribution is 2.31. The third-order valence-electron chi connectivity index (χ3n) is 5.75. The number of hydrogen-bond acceptors (Lipinski definition) is 8. The highest BCUT2D eigenvalue weighted by molar-refractivity contribution is 6.35. The first kappa shape index (κ1) is 24.4. The zero-order chi connectivity index (χ0) is 25.8. The lowest BCUT2D eigenvalue weighted by atomic mass is 10.1. The second kappa shape index (κ2) is 10.8. The number of benzene rings is 1. The largest absolute Gasteiger partial charge is 0.458 e. The Kier molecular flexibility index (Phi) is 7.11. The molecule has 1 fully saturated rings. The minimum absolute atomic E-state index is 0.121. The lowest BCUT2D eigenvalue weighted by molar-refractivity contribution is -0.116. The molecule has 0 unspecified atom stereocenters. The van der Waals surface area contributed by atoms with E-state index >= 15 is 0 Å². The van der Waals surface area contributed by atoms with Crippen LogP contribution in [0.5, 0.6) is 0 Å². The van der Waals surface area contributed by atoms with E-state index in [-0.39, 0.29) is 18.4 Å². The molecular weight excluding hydrogens is 496 g/mol. The van der Waals surface area contributed by atoms with Crippen molar-refractivity contribution in [1.82, 2.24) is 25.2 Å². The van der Waals surface area contributed by atoms with Gasteiger partial charge < -0.3 is 25.1 Å². The topological polar surface area (TPSA) is 136 Å². The number of rotatable bonds is 6. The Morgan fingerprint density at radius 2 is 1.86 bits per heavy atom. The molecule has 5 rings (SSSR count). The average Bonchev–Trinajstić information content (AvgIpc) is 3.35. The molecule has 0 bridgehead atoms. The van der Waals surface area contributed by atoms with Gasteiger partial charge in [-0.3, -0.25) is 9.59 Å². The second-order valence-electron chi connectivity index (χ2n) is 8.36. The standard InChI is InChI=1S/C26H23ClN6O4/c27-21-11-18(25-31-13-19(14-32-25)26(35)33-5-7-36-8-6-33)9-17-10-20(37-24(17)21)15-30-23(34)4-2-16-1-3-22(28)29-12-16/h1-4,9-14H,5-8,15H2,(H2,28,29)(H,30,34)/b4-2+. The van der Waals surface area contributed by atoms with Gasteiger partial charge in [0.25, 0.3) is 5.91 Å². The van der Waals surface area contributed by atoms with E-state index in [0.717, 1.165) is 10.9 Å². The molecule has 1 aromatic carbocycles. The third kappa shape index (κ3) is 5.76. The lowest BCUT2D eigenvalue weighted by Crippen LogP contribution is -2.40. The van der Waals surface area contributed by atoms with Crippen LogP contribution in [-0.2, 0) is 16.1 Å². The van der Waals surface area contributed by atoms with Crippen molar-refractivity contribution in [2.24, 2.45) is 0 Å². The number of morpholine rings is 1. The van der Waals surface area contributed by atoms with Gasteiger partial charge in [-0.1, -0.05) is 11.6 Å². The van der Waals surface area contributed by atoms with E-state index in [0.29, 0.717) is 65.4 Å². The number of carbonyl (C=O) groups excluding carboxylic acids is 2. The highest BCUT2D eigenvalue weighted by Gasteiger charge is 2.19. The van der Waals surface area contributed by atoms with Crippen LogP contribution in [-0.4, -0.2) is 58.0 Å². The molecule has 4 heterocycles. The van der Waals surface area contributed by atoms with Gasteiger partial charge in [0.2, 0.25) is 5.91 Å². The Labute approximate surface area is 217 Å². The molecule has 10 nitrogen and oxygen atoms in total. The summed E-state index contributed by atoms with van der Waals surface area (Å²) in [5.41, 5.74) is 7.92. The summed E-state index contributed by atoms with van der Waals surface area (Å²) in [5.74, 6) is 0.975. The van der Waals surface area contributed by atoms with Crippen molar-refractivity contribution >= 4 is 46.3 Å². The number of anilines is 1. The Morgan fingerprint density at radius 3 is 2.59 bits per heavy atom. The highest BCUT2D eigenvalue weighted by atomic mass is 35.5. The van der Waals surface area contributed by atoms with Gasteiger partial charge in [-0.2, -0.15) is 0 Å². The number of furan rings is 1. The van der Waals surface area contributed by atoms with Crippen molar-refractivity contribution in [3.63, 3.8) is 0 Å². The second-order valence-corrected chi connectivity index (χ2v) is 8.76. The van der Waals surface area contributed by atoms with Gasteiger partial charge in [-0.05, 0) is 42.0 Å². The van der Waals surface area contributed by atoms with Crippen LogP contribution in [0.25, 0.3) is 28.4 Å². The van der Waals surface area contributed by atoms with Crippen LogP contribution in [0.15, 0.2) is 59.4 Å². The van der Waals surface area contributed by atoms with Gasteiger partial charge in [0.15, 0.2) is 11.4 Å². The molecule has 4 aromatic rings. The lowest BCUT2D eigenvalue weighted by Gasteiger charge is -2.26. The molecule has 188 valence electrons. The van der Waals surface area contributed by atoms with E-state index < -0.39 is 0 Å². The predicted molar refractivity (Wildman–Crippen MR) is 139 cm³/mol. The number of nitrogens with zero attached hydrogens (tertiary/aromatic N) is 4. The fraction of sp³-hybridized carbons (Fsp3) is 0.192. The van der Waals surface area contributed by atoms with E-state index in [1.807, 2.05) is 6.07 Å². The van der Waals surface area contributed by atoms with Crippen molar-refractivity contribution in [1.29, 1.82) is 0 Å². The number of halogens is 1. The minimum Gasteiger partial charge on any atom is -0.458 e. The number of fused-ring (bicyclic) bond motifs is 1. The van der Waals surface area contributed by atoms with Crippen LogP contribution in [0.3, 0.4) is 0 Å². The molecule has 1 aliphatic heterocycles. The van der Waals surface area contributed by atoms with Gasteiger partial charge in [0.05, 0.1) is 30.3 Å². The molecule has 37 heavy (non-hydrogen) atoms. The number of hydrogen-bond donors (Lipinski definition) is 2.